The second-order valence-electron chi connectivity index (χ2n) is 6.84. The predicted octanol–water partition coefficient (Wildman–Crippen LogP) is 4.97. The molecule has 9 heteroatoms. The number of hydrogen-bond donors (Lipinski definition) is 3. The summed E-state index contributed by atoms with van der Waals surface area (Å²) < 4.78 is 25.4. The standard InChI is InChI=1S/C19H21Cl2N3O3S/c1-28(26,27)24-17-8-6-12(20)10-15(17)19(25)23-18-9-7-14(11-16(18)21)22-13-4-2-3-5-13/h6-11,13,22,24H,2-5H2,1H3,(H,23,25). The van der Waals surface area contributed by atoms with Gasteiger partial charge in [-0.1, -0.05) is 36.0 Å². The largest absolute Gasteiger partial charge is 0.382 e. The average Bonchev–Trinajstić information content (AvgIpc) is 3.10. The Balaban J connectivity index is 1.78. The predicted molar refractivity (Wildman–Crippen MR) is 115 cm³/mol. The Morgan fingerprint density at radius 1 is 1.04 bits per heavy atom. The molecule has 1 fully saturated rings. The molecule has 2 aromatic rings. The molecule has 3 rings (SSSR count). The first kappa shape index (κ1) is 20.8. The molecule has 0 heterocycles. The summed E-state index contributed by atoms with van der Waals surface area (Å²) in [5.41, 5.74) is 1.56. The monoisotopic (exact) mass is 441 g/mol. The lowest BCUT2D eigenvalue weighted by Crippen LogP contribution is -2.18. The number of carbonyl (C=O) groups excluding carboxylic acids is 1. The second-order valence-corrected chi connectivity index (χ2v) is 9.43. The summed E-state index contributed by atoms with van der Waals surface area (Å²) in [5.74, 6) is -0.521. The summed E-state index contributed by atoms with van der Waals surface area (Å²) in [5, 5.41) is 6.85. The lowest BCUT2D eigenvalue weighted by atomic mass is 10.1. The van der Waals surface area contributed by atoms with Gasteiger partial charge in [-0.05, 0) is 49.2 Å². The topological polar surface area (TPSA) is 87.3 Å². The van der Waals surface area contributed by atoms with Crippen LogP contribution in [0, 0.1) is 0 Å². The van der Waals surface area contributed by atoms with E-state index in [4.69, 9.17) is 23.2 Å². The van der Waals surface area contributed by atoms with E-state index >= 15 is 0 Å². The molecule has 28 heavy (non-hydrogen) atoms. The van der Waals surface area contributed by atoms with Gasteiger partial charge in [0.05, 0.1) is 28.2 Å². The van der Waals surface area contributed by atoms with Crippen LogP contribution < -0.4 is 15.4 Å². The molecular formula is C19H21Cl2N3O3S. The minimum Gasteiger partial charge on any atom is -0.382 e. The molecule has 3 N–H and O–H groups in total. The van der Waals surface area contributed by atoms with Gasteiger partial charge in [-0.2, -0.15) is 0 Å². The van der Waals surface area contributed by atoms with Gasteiger partial charge in [0.1, 0.15) is 0 Å². The van der Waals surface area contributed by atoms with Crippen molar-refractivity contribution in [3.05, 3.63) is 52.0 Å². The van der Waals surface area contributed by atoms with Gasteiger partial charge >= 0.3 is 0 Å². The number of sulfonamides is 1. The van der Waals surface area contributed by atoms with E-state index in [0.29, 0.717) is 21.8 Å². The molecule has 0 aromatic heterocycles. The van der Waals surface area contributed by atoms with Crippen molar-refractivity contribution in [2.45, 2.75) is 31.7 Å². The number of amides is 1. The summed E-state index contributed by atoms with van der Waals surface area (Å²) in [4.78, 5) is 12.7. The highest BCUT2D eigenvalue weighted by Crippen LogP contribution is 2.30. The van der Waals surface area contributed by atoms with E-state index in [0.717, 1.165) is 24.8 Å². The Kier molecular flexibility index (Phi) is 6.37. The number of carbonyl (C=O) groups is 1. The fourth-order valence-electron chi connectivity index (χ4n) is 3.19. The summed E-state index contributed by atoms with van der Waals surface area (Å²) in [6.07, 6.45) is 5.74. The van der Waals surface area contributed by atoms with Crippen molar-refractivity contribution < 1.29 is 13.2 Å². The first-order valence-electron chi connectivity index (χ1n) is 8.86. The number of nitrogens with one attached hydrogen (secondary N) is 3. The molecule has 1 amide bonds. The molecule has 1 aliphatic rings. The van der Waals surface area contributed by atoms with E-state index in [1.807, 2.05) is 6.07 Å². The zero-order chi connectivity index (χ0) is 20.3. The Labute approximate surface area is 174 Å². The molecule has 0 unspecified atom stereocenters. The highest BCUT2D eigenvalue weighted by atomic mass is 35.5. The van der Waals surface area contributed by atoms with Crippen LogP contribution in [-0.4, -0.2) is 26.6 Å². The SMILES string of the molecule is CS(=O)(=O)Nc1ccc(Cl)cc1C(=O)Nc1ccc(NC2CCCC2)cc1Cl. The smallest absolute Gasteiger partial charge is 0.257 e. The van der Waals surface area contributed by atoms with Crippen molar-refractivity contribution in [3.8, 4) is 0 Å². The molecule has 1 aliphatic carbocycles. The molecule has 0 aliphatic heterocycles. The number of hydrogen-bond acceptors (Lipinski definition) is 4. The van der Waals surface area contributed by atoms with Crippen LogP contribution in [0.4, 0.5) is 17.1 Å². The van der Waals surface area contributed by atoms with Gasteiger partial charge in [-0.15, -0.1) is 0 Å². The maximum Gasteiger partial charge on any atom is 0.257 e. The minimum atomic E-state index is -3.55. The lowest BCUT2D eigenvalue weighted by Gasteiger charge is -2.16. The zero-order valence-electron chi connectivity index (χ0n) is 15.3. The third-order valence-electron chi connectivity index (χ3n) is 4.46. The van der Waals surface area contributed by atoms with E-state index in [9.17, 15) is 13.2 Å². The maximum atomic E-state index is 12.7. The number of anilines is 3. The third kappa shape index (κ3) is 5.53. The van der Waals surface area contributed by atoms with Crippen molar-refractivity contribution >= 4 is 56.2 Å². The van der Waals surface area contributed by atoms with E-state index in [1.54, 1.807) is 12.1 Å². The summed E-state index contributed by atoms with van der Waals surface area (Å²) in [7, 11) is -3.55. The van der Waals surface area contributed by atoms with Crippen LogP contribution in [-0.2, 0) is 10.0 Å². The van der Waals surface area contributed by atoms with Crippen LogP contribution in [0.25, 0.3) is 0 Å². The number of halogens is 2. The average molecular weight is 442 g/mol. The minimum absolute atomic E-state index is 0.0992. The molecule has 150 valence electrons. The van der Waals surface area contributed by atoms with Gasteiger partial charge in [-0.3, -0.25) is 9.52 Å². The number of rotatable bonds is 6. The third-order valence-corrected chi connectivity index (χ3v) is 5.60. The van der Waals surface area contributed by atoms with Crippen LogP contribution in [0.5, 0.6) is 0 Å². The Hall–Kier alpha value is -1.96. The molecule has 0 bridgehead atoms. The van der Waals surface area contributed by atoms with Crippen molar-refractivity contribution in [1.82, 2.24) is 0 Å². The molecule has 0 saturated heterocycles. The Morgan fingerprint density at radius 3 is 2.36 bits per heavy atom. The van der Waals surface area contributed by atoms with E-state index in [-0.39, 0.29) is 11.3 Å². The molecule has 2 aromatic carbocycles. The van der Waals surface area contributed by atoms with Gasteiger partial charge in [0.25, 0.3) is 5.91 Å². The highest BCUT2D eigenvalue weighted by Gasteiger charge is 2.18. The summed E-state index contributed by atoms with van der Waals surface area (Å²) >= 11 is 12.3. The molecule has 1 saturated carbocycles. The quantitative estimate of drug-likeness (QED) is 0.590. The first-order chi connectivity index (χ1) is 13.2. The van der Waals surface area contributed by atoms with Crippen LogP contribution >= 0.6 is 23.2 Å². The van der Waals surface area contributed by atoms with Gasteiger partial charge in [-0.25, -0.2) is 8.42 Å². The van der Waals surface area contributed by atoms with Crippen LogP contribution in [0.15, 0.2) is 36.4 Å². The molecule has 0 spiro atoms. The highest BCUT2D eigenvalue weighted by molar-refractivity contribution is 7.92. The number of benzene rings is 2. The first-order valence-corrected chi connectivity index (χ1v) is 11.5. The second kappa shape index (κ2) is 8.59. The Bertz CT molecular complexity index is 990. The lowest BCUT2D eigenvalue weighted by molar-refractivity contribution is 0.102. The van der Waals surface area contributed by atoms with Crippen molar-refractivity contribution in [2.75, 3.05) is 21.6 Å². The molecule has 6 nitrogen and oxygen atoms in total. The van der Waals surface area contributed by atoms with E-state index in [1.165, 1.54) is 31.0 Å². The van der Waals surface area contributed by atoms with Crippen molar-refractivity contribution in [3.63, 3.8) is 0 Å². The van der Waals surface area contributed by atoms with Crippen LogP contribution in [0.3, 0.4) is 0 Å². The summed E-state index contributed by atoms with van der Waals surface area (Å²) in [6, 6.07) is 10.1. The van der Waals surface area contributed by atoms with E-state index in [2.05, 4.69) is 15.4 Å². The summed E-state index contributed by atoms with van der Waals surface area (Å²) in [6.45, 7) is 0. The maximum absolute atomic E-state index is 12.7. The molecular weight excluding hydrogens is 421 g/mol. The van der Waals surface area contributed by atoms with E-state index < -0.39 is 15.9 Å². The normalized spacial score (nSPS) is 14.7. The van der Waals surface area contributed by atoms with Gasteiger partial charge in [0.2, 0.25) is 10.0 Å². The van der Waals surface area contributed by atoms with Crippen LogP contribution in [0.1, 0.15) is 36.0 Å². The van der Waals surface area contributed by atoms with Crippen molar-refractivity contribution in [1.29, 1.82) is 0 Å². The van der Waals surface area contributed by atoms with Gasteiger partial charge in [0.15, 0.2) is 0 Å². The van der Waals surface area contributed by atoms with Crippen LogP contribution in [0.2, 0.25) is 10.0 Å². The Morgan fingerprint density at radius 2 is 1.71 bits per heavy atom. The fourth-order valence-corrected chi connectivity index (χ4v) is 4.17. The van der Waals surface area contributed by atoms with Crippen molar-refractivity contribution in [2.24, 2.45) is 0 Å². The van der Waals surface area contributed by atoms with Gasteiger partial charge < -0.3 is 10.6 Å². The molecule has 0 radical (unpaired) electrons. The van der Waals surface area contributed by atoms with Gasteiger partial charge in [0, 0.05) is 16.8 Å². The fraction of sp³-hybridized carbons (Fsp3) is 0.316. The molecule has 0 atom stereocenters. The zero-order valence-corrected chi connectivity index (χ0v) is 17.6.